The van der Waals surface area contributed by atoms with Crippen LogP contribution in [0.4, 0.5) is 13.9 Å². The van der Waals surface area contributed by atoms with Gasteiger partial charge in [0.15, 0.2) is 22.4 Å². The van der Waals surface area contributed by atoms with E-state index in [1.54, 1.807) is 47.8 Å². The second-order valence-electron chi connectivity index (χ2n) is 6.96. The first-order valence-electron chi connectivity index (χ1n) is 9.97. The number of nitrogens with one attached hydrogen (secondary N) is 1. The van der Waals surface area contributed by atoms with Crippen molar-refractivity contribution in [3.05, 3.63) is 71.5 Å². The van der Waals surface area contributed by atoms with E-state index in [-0.39, 0.29) is 24.9 Å². The lowest BCUT2D eigenvalue weighted by Crippen LogP contribution is -2.10. The number of halogens is 2. The van der Waals surface area contributed by atoms with Gasteiger partial charge in [0, 0.05) is 17.0 Å². The van der Waals surface area contributed by atoms with Gasteiger partial charge in [0.25, 0.3) is 5.91 Å². The van der Waals surface area contributed by atoms with Crippen LogP contribution in [0.1, 0.15) is 16.3 Å². The molecule has 174 valence electrons. The topological polar surface area (TPSA) is 92.1 Å². The molecule has 0 radical (unpaired) electrons. The number of aromatic nitrogens is 1. The molecule has 0 spiro atoms. The maximum atomic E-state index is 12.5. The molecule has 1 aliphatic rings. The molecule has 1 N–H and O–H groups in total. The summed E-state index contributed by atoms with van der Waals surface area (Å²) in [6.07, 6.45) is 0. The van der Waals surface area contributed by atoms with Gasteiger partial charge in [-0.25, -0.2) is 4.98 Å². The summed E-state index contributed by atoms with van der Waals surface area (Å²) in [4.78, 5) is 16.9. The highest BCUT2D eigenvalue weighted by molar-refractivity contribution is 7.14. The Bertz CT molecular complexity index is 1310. The van der Waals surface area contributed by atoms with E-state index in [1.165, 1.54) is 23.5 Å². The molecular weight excluding hydrogens is 470 g/mol. The second-order valence-corrected chi connectivity index (χ2v) is 7.82. The predicted octanol–water partition coefficient (Wildman–Crippen LogP) is 5.56. The second kappa shape index (κ2) is 9.40. The van der Waals surface area contributed by atoms with E-state index < -0.39 is 12.5 Å². The molecular formula is C23H16F2N2O6S. The molecule has 1 amide bonds. The Morgan fingerprint density at radius 2 is 1.85 bits per heavy atom. The van der Waals surface area contributed by atoms with Crippen molar-refractivity contribution >= 4 is 22.4 Å². The number of furan rings is 1. The van der Waals surface area contributed by atoms with Crippen LogP contribution < -0.4 is 24.3 Å². The average molecular weight is 486 g/mol. The summed E-state index contributed by atoms with van der Waals surface area (Å²) in [6, 6.07) is 14.5. The maximum absolute atomic E-state index is 12.5. The molecule has 0 fully saturated rings. The number of carbonyl (C=O) groups excluding carboxylic acids is 1. The minimum Gasteiger partial charge on any atom is -0.486 e. The summed E-state index contributed by atoms with van der Waals surface area (Å²) in [5.41, 5.74) is 1.28. The van der Waals surface area contributed by atoms with Crippen molar-refractivity contribution in [1.82, 2.24) is 4.98 Å². The Labute approximate surface area is 195 Å². The van der Waals surface area contributed by atoms with Gasteiger partial charge in [0.2, 0.25) is 6.79 Å². The molecule has 11 heteroatoms. The number of anilines is 1. The minimum atomic E-state index is -2.88. The fraction of sp³-hybridized carbons (Fsp3) is 0.130. The Morgan fingerprint density at radius 1 is 1.06 bits per heavy atom. The summed E-state index contributed by atoms with van der Waals surface area (Å²) >= 11 is 1.22. The smallest absolute Gasteiger partial charge is 0.387 e. The van der Waals surface area contributed by atoms with E-state index in [4.69, 9.17) is 18.6 Å². The van der Waals surface area contributed by atoms with Gasteiger partial charge in [-0.3, -0.25) is 10.1 Å². The van der Waals surface area contributed by atoms with Gasteiger partial charge in [-0.1, -0.05) is 0 Å². The van der Waals surface area contributed by atoms with Crippen LogP contribution >= 0.6 is 11.3 Å². The highest BCUT2D eigenvalue weighted by atomic mass is 32.1. The number of carbonyl (C=O) groups is 1. The lowest BCUT2D eigenvalue weighted by atomic mass is 10.2. The Morgan fingerprint density at radius 3 is 2.68 bits per heavy atom. The van der Waals surface area contributed by atoms with Crippen LogP contribution in [0.3, 0.4) is 0 Å². The Hall–Kier alpha value is -4.12. The van der Waals surface area contributed by atoms with Gasteiger partial charge < -0.3 is 23.4 Å². The Kier molecular flexibility index (Phi) is 6.00. The molecule has 5 rings (SSSR count). The van der Waals surface area contributed by atoms with Gasteiger partial charge in [-0.2, -0.15) is 8.78 Å². The molecule has 8 nitrogen and oxygen atoms in total. The van der Waals surface area contributed by atoms with Crippen LogP contribution in [0.5, 0.6) is 23.0 Å². The van der Waals surface area contributed by atoms with E-state index in [0.29, 0.717) is 39.4 Å². The van der Waals surface area contributed by atoms with Crippen LogP contribution in [0.15, 0.2) is 64.4 Å². The highest BCUT2D eigenvalue weighted by Gasteiger charge is 2.16. The number of fused-ring (bicyclic) bond motifs is 1. The minimum absolute atomic E-state index is 0.0543. The SMILES string of the molecule is O=C(Nc1nc(-c2ccc(OC(F)F)cc2)cs1)c1ccc(COc2ccc3c(c2)OCO3)o1. The molecule has 34 heavy (non-hydrogen) atoms. The molecule has 1 aliphatic heterocycles. The molecule has 2 aromatic heterocycles. The normalized spacial score (nSPS) is 12.1. The third kappa shape index (κ3) is 4.94. The van der Waals surface area contributed by atoms with Crippen LogP contribution in [0.25, 0.3) is 11.3 Å². The summed E-state index contributed by atoms with van der Waals surface area (Å²) in [6.45, 7) is -2.58. The van der Waals surface area contributed by atoms with Crippen LogP contribution in [-0.4, -0.2) is 24.3 Å². The third-order valence-electron chi connectivity index (χ3n) is 4.71. The first-order chi connectivity index (χ1) is 16.5. The first-order valence-corrected chi connectivity index (χ1v) is 10.8. The fourth-order valence-electron chi connectivity index (χ4n) is 3.13. The van der Waals surface area contributed by atoms with Crippen molar-refractivity contribution in [3.63, 3.8) is 0 Å². The van der Waals surface area contributed by atoms with Gasteiger partial charge in [-0.15, -0.1) is 11.3 Å². The van der Waals surface area contributed by atoms with E-state index in [0.717, 1.165) is 0 Å². The number of hydrogen-bond donors (Lipinski definition) is 1. The van der Waals surface area contributed by atoms with E-state index in [9.17, 15) is 13.6 Å². The summed E-state index contributed by atoms with van der Waals surface area (Å²) in [5, 5.41) is 4.79. The third-order valence-corrected chi connectivity index (χ3v) is 5.47. The molecule has 0 bridgehead atoms. The number of nitrogens with zero attached hydrogens (tertiary/aromatic N) is 1. The number of rotatable bonds is 8. The van der Waals surface area contributed by atoms with Crippen molar-refractivity contribution in [2.45, 2.75) is 13.2 Å². The molecule has 0 saturated carbocycles. The van der Waals surface area contributed by atoms with Gasteiger partial charge >= 0.3 is 6.61 Å². The number of thiazole rings is 1. The summed E-state index contributed by atoms with van der Waals surface area (Å²) in [7, 11) is 0. The number of benzene rings is 2. The lowest BCUT2D eigenvalue weighted by molar-refractivity contribution is -0.0498. The number of hydrogen-bond acceptors (Lipinski definition) is 8. The number of alkyl halides is 2. The van der Waals surface area contributed by atoms with Crippen molar-refractivity contribution in [2.24, 2.45) is 0 Å². The van der Waals surface area contributed by atoms with E-state index >= 15 is 0 Å². The predicted molar refractivity (Wildman–Crippen MR) is 118 cm³/mol. The molecule has 0 saturated heterocycles. The number of amides is 1. The average Bonchev–Trinajstić information content (AvgIpc) is 3.58. The standard InChI is InChI=1S/C23H16F2N2O6S/c24-22(25)33-14-3-1-13(2-4-14)17-11-34-23(26-17)27-21(28)19-8-6-16(32-19)10-29-15-5-7-18-20(9-15)31-12-30-18/h1-9,11,22H,10,12H2,(H,26,27,28). The van der Waals surface area contributed by atoms with E-state index in [1.807, 2.05) is 0 Å². The van der Waals surface area contributed by atoms with Crippen molar-refractivity contribution in [1.29, 1.82) is 0 Å². The largest absolute Gasteiger partial charge is 0.486 e. The van der Waals surface area contributed by atoms with Crippen molar-refractivity contribution in [3.8, 4) is 34.3 Å². The van der Waals surface area contributed by atoms with Crippen LogP contribution in [0.2, 0.25) is 0 Å². The number of ether oxygens (including phenoxy) is 4. The van der Waals surface area contributed by atoms with E-state index in [2.05, 4.69) is 15.0 Å². The van der Waals surface area contributed by atoms with Gasteiger partial charge in [-0.05, 0) is 48.5 Å². The summed E-state index contributed by atoms with van der Waals surface area (Å²) < 4.78 is 50.7. The zero-order valence-electron chi connectivity index (χ0n) is 17.3. The van der Waals surface area contributed by atoms with Crippen molar-refractivity contribution in [2.75, 3.05) is 12.1 Å². The molecule has 2 aromatic carbocycles. The van der Waals surface area contributed by atoms with Gasteiger partial charge in [0.05, 0.1) is 5.69 Å². The van der Waals surface area contributed by atoms with Gasteiger partial charge in [0.1, 0.15) is 23.9 Å². The molecule has 0 aliphatic carbocycles. The van der Waals surface area contributed by atoms with Crippen molar-refractivity contribution < 1.29 is 36.9 Å². The van der Waals surface area contributed by atoms with Crippen LogP contribution in [-0.2, 0) is 6.61 Å². The zero-order chi connectivity index (χ0) is 23.5. The summed E-state index contributed by atoms with van der Waals surface area (Å²) in [5.74, 6) is 2.01. The quantitative estimate of drug-likeness (QED) is 0.348. The Balaban J connectivity index is 1.17. The molecule has 3 heterocycles. The molecule has 4 aromatic rings. The first kappa shape index (κ1) is 21.7. The molecule has 0 atom stereocenters. The highest BCUT2D eigenvalue weighted by Crippen LogP contribution is 2.35. The fourth-order valence-corrected chi connectivity index (χ4v) is 3.84. The maximum Gasteiger partial charge on any atom is 0.387 e. The monoisotopic (exact) mass is 486 g/mol. The zero-order valence-corrected chi connectivity index (χ0v) is 18.1. The van der Waals surface area contributed by atoms with Crippen LogP contribution in [0, 0.1) is 0 Å². The molecule has 0 unspecified atom stereocenters. The lowest BCUT2D eigenvalue weighted by Gasteiger charge is -2.05.